The molecule has 92 valence electrons. The van der Waals surface area contributed by atoms with Gasteiger partial charge in [0.25, 0.3) is 0 Å². The minimum absolute atomic E-state index is 0.00339. The Bertz CT molecular complexity index is 363. The molecule has 1 saturated heterocycles. The molecule has 4 heteroatoms. The van der Waals surface area contributed by atoms with Crippen LogP contribution in [0.25, 0.3) is 0 Å². The van der Waals surface area contributed by atoms with Crippen molar-refractivity contribution in [3.05, 3.63) is 35.9 Å². The summed E-state index contributed by atoms with van der Waals surface area (Å²) in [5, 5.41) is 3.23. The zero-order chi connectivity index (χ0) is 12.1. The van der Waals surface area contributed by atoms with E-state index >= 15 is 0 Å². The lowest BCUT2D eigenvalue weighted by Crippen LogP contribution is -2.44. The molecular formula is C13H18N2OS. The average molecular weight is 250 g/mol. The lowest BCUT2D eigenvalue weighted by molar-refractivity contribution is -0.133. The van der Waals surface area contributed by atoms with E-state index in [2.05, 4.69) is 17.4 Å². The SMILES string of the molecule is CCN(Cc1ccccc1)C(=O)C1CSCN1. The molecule has 1 aromatic rings. The van der Waals surface area contributed by atoms with Gasteiger partial charge < -0.3 is 4.90 Å². The number of nitrogens with zero attached hydrogens (tertiary/aromatic N) is 1. The summed E-state index contributed by atoms with van der Waals surface area (Å²) in [6.07, 6.45) is 0. The van der Waals surface area contributed by atoms with Crippen LogP contribution in [0.1, 0.15) is 12.5 Å². The van der Waals surface area contributed by atoms with Gasteiger partial charge in [0, 0.05) is 24.7 Å². The predicted octanol–water partition coefficient (Wildman–Crippen LogP) is 1.70. The normalized spacial score (nSPS) is 19.2. The smallest absolute Gasteiger partial charge is 0.240 e. The van der Waals surface area contributed by atoms with Gasteiger partial charge in [-0.2, -0.15) is 0 Å². The van der Waals surface area contributed by atoms with Crippen LogP contribution in [-0.2, 0) is 11.3 Å². The van der Waals surface area contributed by atoms with Crippen molar-refractivity contribution in [2.75, 3.05) is 18.2 Å². The number of amides is 1. The Labute approximate surface area is 107 Å². The second-order valence-corrected chi connectivity index (χ2v) is 5.14. The van der Waals surface area contributed by atoms with Crippen LogP contribution in [0.5, 0.6) is 0 Å². The van der Waals surface area contributed by atoms with Gasteiger partial charge in [-0.15, -0.1) is 11.8 Å². The van der Waals surface area contributed by atoms with Crippen molar-refractivity contribution in [2.45, 2.75) is 19.5 Å². The third-order valence-electron chi connectivity index (χ3n) is 2.92. The molecule has 17 heavy (non-hydrogen) atoms. The number of rotatable bonds is 4. The molecule has 3 nitrogen and oxygen atoms in total. The van der Waals surface area contributed by atoms with Gasteiger partial charge in [0.05, 0.1) is 6.04 Å². The van der Waals surface area contributed by atoms with E-state index in [-0.39, 0.29) is 11.9 Å². The number of hydrogen-bond acceptors (Lipinski definition) is 3. The van der Waals surface area contributed by atoms with Crippen LogP contribution in [0.4, 0.5) is 0 Å². The van der Waals surface area contributed by atoms with Crippen molar-refractivity contribution in [3.63, 3.8) is 0 Å². The van der Waals surface area contributed by atoms with Crippen LogP contribution in [0.3, 0.4) is 0 Å². The van der Waals surface area contributed by atoms with Gasteiger partial charge in [-0.1, -0.05) is 30.3 Å². The third kappa shape index (κ3) is 3.23. The van der Waals surface area contributed by atoms with Gasteiger partial charge in [0.2, 0.25) is 5.91 Å². The molecule has 2 rings (SSSR count). The molecule has 1 aliphatic heterocycles. The molecule has 1 atom stereocenters. The van der Waals surface area contributed by atoms with Crippen molar-refractivity contribution in [3.8, 4) is 0 Å². The fraction of sp³-hybridized carbons (Fsp3) is 0.462. The largest absolute Gasteiger partial charge is 0.337 e. The first-order valence-electron chi connectivity index (χ1n) is 5.95. The molecule has 1 heterocycles. The van der Waals surface area contributed by atoms with Crippen LogP contribution in [0.2, 0.25) is 0 Å². The Hall–Kier alpha value is -1.00. The molecule has 1 N–H and O–H groups in total. The van der Waals surface area contributed by atoms with Crippen molar-refractivity contribution in [1.82, 2.24) is 10.2 Å². The molecule has 0 saturated carbocycles. The molecule has 0 bridgehead atoms. The molecule has 0 spiro atoms. The van der Waals surface area contributed by atoms with Crippen LogP contribution in [-0.4, -0.2) is 35.0 Å². The fourth-order valence-corrected chi connectivity index (χ4v) is 2.86. The number of thioether (sulfide) groups is 1. The van der Waals surface area contributed by atoms with E-state index in [0.717, 1.165) is 18.2 Å². The molecule has 1 fully saturated rings. The summed E-state index contributed by atoms with van der Waals surface area (Å²) in [5.41, 5.74) is 1.19. The van der Waals surface area contributed by atoms with Crippen LogP contribution in [0.15, 0.2) is 30.3 Å². The molecule has 1 aliphatic rings. The van der Waals surface area contributed by atoms with E-state index in [4.69, 9.17) is 0 Å². The average Bonchev–Trinajstić information content (AvgIpc) is 2.90. The standard InChI is InChI=1S/C13H18N2OS/c1-2-15(8-11-6-4-3-5-7-11)13(16)12-9-17-10-14-12/h3-7,12,14H,2,8-10H2,1H3. The van der Waals surface area contributed by atoms with E-state index in [1.165, 1.54) is 5.56 Å². The highest BCUT2D eigenvalue weighted by atomic mass is 32.2. The number of carbonyl (C=O) groups excluding carboxylic acids is 1. The summed E-state index contributed by atoms with van der Waals surface area (Å²) >= 11 is 1.79. The molecule has 0 aromatic heterocycles. The van der Waals surface area contributed by atoms with Crippen LogP contribution in [0, 0.1) is 0 Å². The number of likely N-dealkylation sites (N-methyl/N-ethyl adjacent to an activating group) is 1. The summed E-state index contributed by atoms with van der Waals surface area (Å²) in [6, 6.07) is 10.1. The lowest BCUT2D eigenvalue weighted by atomic mass is 10.2. The molecule has 0 radical (unpaired) electrons. The number of carbonyl (C=O) groups is 1. The van der Waals surface area contributed by atoms with Gasteiger partial charge in [-0.3, -0.25) is 10.1 Å². The Balaban J connectivity index is 1.98. The Kier molecular flexibility index (Phi) is 4.45. The first-order valence-corrected chi connectivity index (χ1v) is 7.10. The van der Waals surface area contributed by atoms with Gasteiger partial charge in [-0.25, -0.2) is 0 Å². The second-order valence-electron chi connectivity index (χ2n) is 4.11. The summed E-state index contributed by atoms with van der Waals surface area (Å²) in [7, 11) is 0. The molecule has 0 aliphatic carbocycles. The van der Waals surface area contributed by atoms with Crippen LogP contribution < -0.4 is 5.32 Å². The third-order valence-corrected chi connectivity index (χ3v) is 3.86. The van der Waals surface area contributed by atoms with E-state index in [0.29, 0.717) is 6.54 Å². The van der Waals surface area contributed by atoms with E-state index in [1.54, 1.807) is 11.8 Å². The summed E-state index contributed by atoms with van der Waals surface area (Å²) < 4.78 is 0. The van der Waals surface area contributed by atoms with Gasteiger partial charge in [0.15, 0.2) is 0 Å². The Morgan fingerprint density at radius 2 is 2.24 bits per heavy atom. The van der Waals surface area contributed by atoms with Gasteiger partial charge in [0.1, 0.15) is 0 Å². The number of hydrogen-bond donors (Lipinski definition) is 1. The summed E-state index contributed by atoms with van der Waals surface area (Å²) in [4.78, 5) is 14.1. The zero-order valence-electron chi connectivity index (χ0n) is 10.1. The summed E-state index contributed by atoms with van der Waals surface area (Å²) in [5.74, 6) is 2.00. The van der Waals surface area contributed by atoms with E-state index in [1.807, 2.05) is 30.0 Å². The first-order chi connectivity index (χ1) is 8.31. The lowest BCUT2D eigenvalue weighted by Gasteiger charge is -2.24. The molecular weight excluding hydrogens is 232 g/mol. The Morgan fingerprint density at radius 3 is 2.82 bits per heavy atom. The van der Waals surface area contributed by atoms with Crippen molar-refractivity contribution in [1.29, 1.82) is 0 Å². The predicted molar refractivity (Wildman–Crippen MR) is 71.8 cm³/mol. The topological polar surface area (TPSA) is 32.3 Å². The monoisotopic (exact) mass is 250 g/mol. The molecule has 1 amide bonds. The van der Waals surface area contributed by atoms with Crippen molar-refractivity contribution >= 4 is 17.7 Å². The number of benzene rings is 1. The highest BCUT2D eigenvalue weighted by Gasteiger charge is 2.26. The highest BCUT2D eigenvalue weighted by molar-refractivity contribution is 7.99. The van der Waals surface area contributed by atoms with E-state index < -0.39 is 0 Å². The van der Waals surface area contributed by atoms with Crippen LogP contribution >= 0.6 is 11.8 Å². The maximum Gasteiger partial charge on any atom is 0.240 e. The zero-order valence-corrected chi connectivity index (χ0v) is 10.9. The highest BCUT2D eigenvalue weighted by Crippen LogP contribution is 2.13. The van der Waals surface area contributed by atoms with Crippen molar-refractivity contribution in [2.24, 2.45) is 0 Å². The van der Waals surface area contributed by atoms with Gasteiger partial charge in [-0.05, 0) is 12.5 Å². The molecule has 1 unspecified atom stereocenters. The maximum absolute atomic E-state index is 12.2. The van der Waals surface area contributed by atoms with E-state index in [9.17, 15) is 4.79 Å². The minimum Gasteiger partial charge on any atom is -0.337 e. The Morgan fingerprint density at radius 1 is 1.47 bits per heavy atom. The number of nitrogens with one attached hydrogen (secondary N) is 1. The van der Waals surface area contributed by atoms with Gasteiger partial charge >= 0.3 is 0 Å². The van der Waals surface area contributed by atoms with Crippen molar-refractivity contribution < 1.29 is 4.79 Å². The minimum atomic E-state index is 0.00339. The maximum atomic E-state index is 12.2. The summed E-state index contributed by atoms with van der Waals surface area (Å²) in [6.45, 7) is 3.50. The second kappa shape index (κ2) is 6.07. The fourth-order valence-electron chi connectivity index (χ4n) is 1.92. The first kappa shape index (κ1) is 12.5. The quantitative estimate of drug-likeness (QED) is 0.882. The molecule has 1 aromatic carbocycles.